The molecule has 7 rings (SSSR count). The molecule has 13 heteroatoms. The topological polar surface area (TPSA) is 102 Å². The van der Waals surface area contributed by atoms with Gasteiger partial charge in [0.1, 0.15) is 0 Å². The van der Waals surface area contributed by atoms with E-state index in [2.05, 4.69) is 57.5 Å². The molecule has 3 amide bonds. The predicted molar refractivity (Wildman–Crippen MR) is 202 cm³/mol. The number of hydrogen-bond acceptors (Lipinski definition) is 9. The second kappa shape index (κ2) is 16.5. The Bertz CT molecular complexity index is 1770. The number of pyridine rings is 1. The molecule has 4 aliphatic rings. The number of urea groups is 1. The number of fused-ring (bicyclic) bond motifs is 1. The average Bonchev–Trinajstić information content (AvgIpc) is 3.13. The van der Waals surface area contributed by atoms with Crippen molar-refractivity contribution in [3.05, 3.63) is 102 Å². The van der Waals surface area contributed by atoms with Crippen LogP contribution in [0.1, 0.15) is 30.7 Å². The molecule has 1 aromatic heterocycles. The zero-order chi connectivity index (χ0) is 37.1. The van der Waals surface area contributed by atoms with Gasteiger partial charge >= 0.3 is 296 Å². The molecule has 53 heavy (non-hydrogen) atoms. The molecule has 0 unspecified atom stereocenters. The molecule has 4 aliphatic heterocycles. The molecule has 0 radical (unpaired) electrons. The van der Waals surface area contributed by atoms with E-state index in [9.17, 15) is 14.7 Å². The summed E-state index contributed by atoms with van der Waals surface area (Å²) in [7, 11) is 0. The number of anilines is 1. The third-order valence-electron chi connectivity index (χ3n) is 11.0. The van der Waals surface area contributed by atoms with Gasteiger partial charge in [-0.15, -0.1) is 0 Å². The van der Waals surface area contributed by atoms with E-state index in [-0.39, 0.29) is 24.2 Å². The Morgan fingerprint density at radius 2 is 1.77 bits per heavy atom. The van der Waals surface area contributed by atoms with Gasteiger partial charge in [-0.05, 0) is 13.5 Å². The Hall–Kier alpha value is -4.11. The van der Waals surface area contributed by atoms with Crippen LogP contribution in [0.3, 0.4) is 0 Å². The summed E-state index contributed by atoms with van der Waals surface area (Å²) in [6, 6.07) is 23.4. The molecule has 0 aliphatic carbocycles. The van der Waals surface area contributed by atoms with Gasteiger partial charge in [-0.25, -0.2) is 0 Å². The molecule has 12 nitrogen and oxygen atoms in total. The molecule has 4 saturated heterocycles. The number of rotatable bonds is 11. The van der Waals surface area contributed by atoms with Crippen LogP contribution < -0.4 is 10.2 Å². The first-order valence-electron chi connectivity index (χ1n) is 18.7. The first-order chi connectivity index (χ1) is 25.7. The summed E-state index contributed by atoms with van der Waals surface area (Å²) in [5, 5.41) is 16.5. The molecular formula is C40H51CoN9O3. The van der Waals surface area contributed by atoms with Crippen LogP contribution >= 0.6 is 0 Å². The molecule has 283 valence electrons. The van der Waals surface area contributed by atoms with E-state index in [4.69, 9.17) is 20.3 Å². The van der Waals surface area contributed by atoms with E-state index in [0.29, 0.717) is 44.7 Å². The van der Waals surface area contributed by atoms with Crippen molar-refractivity contribution in [3.8, 4) is 5.75 Å². The van der Waals surface area contributed by atoms with E-state index in [1.54, 1.807) is 28.2 Å². The third-order valence-corrected chi connectivity index (χ3v) is 11.7. The van der Waals surface area contributed by atoms with E-state index >= 15 is 0 Å². The van der Waals surface area contributed by atoms with Gasteiger partial charge in [0, 0.05) is 0 Å². The maximum absolute atomic E-state index is 14.1. The Morgan fingerprint density at radius 1 is 1.00 bits per heavy atom. The van der Waals surface area contributed by atoms with Gasteiger partial charge in [0.25, 0.3) is 0 Å². The van der Waals surface area contributed by atoms with Crippen LogP contribution in [0.15, 0.2) is 85.5 Å². The van der Waals surface area contributed by atoms with Gasteiger partial charge in [-0.1, -0.05) is 6.92 Å². The van der Waals surface area contributed by atoms with Crippen molar-refractivity contribution < 1.29 is 30.0 Å². The monoisotopic (exact) mass is 764 g/mol. The van der Waals surface area contributed by atoms with Gasteiger partial charge in [0.05, 0.1) is 0 Å². The van der Waals surface area contributed by atoms with Gasteiger partial charge in [-0.2, -0.15) is 0 Å². The molecule has 3 atom stereocenters. The summed E-state index contributed by atoms with van der Waals surface area (Å²) < 4.78 is 0.730. The molecule has 4 fully saturated rings. The number of amides is 3. The number of aromatic nitrogens is 1. The van der Waals surface area contributed by atoms with Gasteiger partial charge in [0.15, 0.2) is 0 Å². The molecule has 2 N–H and O–H groups in total. The fraction of sp³-hybridized carbons (Fsp3) is 0.450. The second-order valence-corrected chi connectivity index (χ2v) is 15.0. The predicted octanol–water partition coefficient (Wildman–Crippen LogP) is 2.89. The van der Waals surface area contributed by atoms with Gasteiger partial charge < -0.3 is 0 Å². The quantitative estimate of drug-likeness (QED) is 0.286. The van der Waals surface area contributed by atoms with Crippen molar-refractivity contribution in [1.82, 2.24) is 39.9 Å². The molecular weight excluding hydrogens is 713 g/mol. The second-order valence-electron chi connectivity index (χ2n) is 14.5. The SMILES string of the molecule is C=CCN1CC(=O)N2[C@@H](Cc3ccc(O)cc3)[C](=[Co])N(Cc3cccc(N4CC(N5CCN(CC)[C@H](C)C5)C4)n3)C[C@@H]2N1C(=O)NCc1ccccc1. The number of hydrazine groups is 1. The number of carbonyl (C=O) groups excluding carboxylic acids is 2. The van der Waals surface area contributed by atoms with Crippen molar-refractivity contribution in [1.29, 1.82) is 0 Å². The molecule has 2 aromatic carbocycles. The number of nitrogens with one attached hydrogen (secondary N) is 1. The van der Waals surface area contributed by atoms with Crippen LogP contribution in [0.4, 0.5) is 10.6 Å². The number of aromatic hydroxyl groups is 1. The van der Waals surface area contributed by atoms with E-state index in [1.807, 2.05) is 53.4 Å². The van der Waals surface area contributed by atoms with E-state index in [0.717, 1.165) is 66.5 Å². The normalized spacial score (nSPS) is 23.5. The van der Waals surface area contributed by atoms with Crippen LogP contribution in [-0.2, 0) is 39.6 Å². The number of nitrogens with zero attached hydrogens (tertiary/aromatic N) is 8. The molecule has 0 spiro atoms. The Kier molecular flexibility index (Phi) is 11.6. The zero-order valence-electron chi connectivity index (χ0n) is 30.7. The van der Waals surface area contributed by atoms with Crippen molar-refractivity contribution >= 4 is 22.3 Å². The van der Waals surface area contributed by atoms with Crippen molar-refractivity contribution in [2.45, 2.75) is 57.6 Å². The number of piperazine rings is 2. The molecule has 5 heterocycles. The number of hydrogen-bond donors (Lipinski definition) is 2. The Labute approximate surface area is 320 Å². The zero-order valence-corrected chi connectivity index (χ0v) is 31.7. The fourth-order valence-electron chi connectivity index (χ4n) is 8.15. The Balaban J connectivity index is 1.12. The van der Waals surface area contributed by atoms with Gasteiger partial charge in [-0.3, -0.25) is 4.90 Å². The Morgan fingerprint density at radius 3 is 2.49 bits per heavy atom. The molecule has 0 saturated carbocycles. The molecule has 3 aromatic rings. The summed E-state index contributed by atoms with van der Waals surface area (Å²) >= 11 is 5.18. The number of benzene rings is 2. The maximum atomic E-state index is 14.1. The molecule has 0 bridgehead atoms. The average molecular weight is 765 g/mol. The van der Waals surface area contributed by atoms with E-state index in [1.165, 1.54) is 0 Å². The van der Waals surface area contributed by atoms with Gasteiger partial charge in [0.2, 0.25) is 0 Å². The van der Waals surface area contributed by atoms with Crippen LogP contribution in [0, 0.1) is 0 Å². The fourth-order valence-corrected chi connectivity index (χ4v) is 8.58. The first kappa shape index (κ1) is 37.2. The van der Waals surface area contributed by atoms with Crippen molar-refractivity contribution in [2.24, 2.45) is 0 Å². The van der Waals surface area contributed by atoms with Crippen LogP contribution in [-0.4, -0.2) is 139 Å². The van der Waals surface area contributed by atoms with Crippen molar-refractivity contribution in [3.63, 3.8) is 0 Å². The van der Waals surface area contributed by atoms with Crippen LogP contribution in [0.2, 0.25) is 0 Å². The number of phenolic OH excluding ortho intramolecular Hbond substituents is 1. The number of likely N-dealkylation sites (N-methyl/N-ethyl adjacent to an activating group) is 1. The summed E-state index contributed by atoms with van der Waals surface area (Å²) in [6.07, 6.45) is 1.57. The summed E-state index contributed by atoms with van der Waals surface area (Å²) in [4.78, 5) is 44.8. The summed E-state index contributed by atoms with van der Waals surface area (Å²) in [5.41, 5.74) is 2.82. The van der Waals surface area contributed by atoms with Crippen LogP contribution in [0.25, 0.3) is 0 Å². The summed E-state index contributed by atoms with van der Waals surface area (Å²) in [6.45, 7) is 16.4. The minimum atomic E-state index is -0.612. The third kappa shape index (κ3) is 8.20. The first-order valence-corrected chi connectivity index (χ1v) is 19.2. The number of phenols is 1. The van der Waals surface area contributed by atoms with E-state index < -0.39 is 12.2 Å². The number of carbonyl (C=O) groups is 2. The van der Waals surface area contributed by atoms with Crippen molar-refractivity contribution in [2.75, 3.05) is 63.8 Å². The minimum absolute atomic E-state index is 0.0290. The summed E-state index contributed by atoms with van der Waals surface area (Å²) in [5.74, 6) is 1.05. The van der Waals surface area contributed by atoms with Crippen LogP contribution in [0.5, 0.6) is 5.75 Å². The standard InChI is InChI=1S/C40H51N9O3.Co/c1-4-18-47-29-39(51)48-34(21-31-14-16-36(50)17-15-31)25-43(28-38(48)49(47)40(52)41-22-32-10-7-6-8-11-32)24-33-12-9-13-37(42-33)46-26-35(27-46)45-20-19-44(5-2)30(3)23-45;/h4,6-17,30,34-35,38,50H,1,5,18-24,26-29H2,2-3H3,(H,41,52);/t30-,34+,38+;/m1./s1.